The Morgan fingerprint density at radius 2 is 1.94 bits per heavy atom. The van der Waals surface area contributed by atoms with Gasteiger partial charge in [-0.3, -0.25) is 4.79 Å². The fourth-order valence-corrected chi connectivity index (χ4v) is 1.35. The summed E-state index contributed by atoms with van der Waals surface area (Å²) in [6.07, 6.45) is 0. The van der Waals surface area contributed by atoms with Crippen molar-refractivity contribution in [2.24, 2.45) is 5.41 Å². The molecule has 1 aliphatic rings. The molecule has 1 rings (SSSR count). The lowest BCUT2D eigenvalue weighted by Crippen LogP contribution is -2.52. The molecule has 2 amide bonds. The number of aliphatic carboxylic acids is 1. The zero-order valence-electron chi connectivity index (χ0n) is 9.75. The molecule has 0 radical (unpaired) electrons. The fraction of sp³-hybridized carbons (Fsp3) is 0.800. The lowest BCUT2D eigenvalue weighted by atomic mass is 9.94. The van der Waals surface area contributed by atoms with Crippen LogP contribution >= 0.6 is 0 Å². The van der Waals surface area contributed by atoms with Gasteiger partial charge in [0, 0.05) is 32.7 Å². The second kappa shape index (κ2) is 5.16. The second-order valence-electron chi connectivity index (χ2n) is 4.58. The number of piperazine rings is 1. The number of hydrogen-bond acceptors (Lipinski definition) is 3. The van der Waals surface area contributed by atoms with Crippen LogP contribution in [0.4, 0.5) is 4.79 Å². The Kier molecular flexibility index (Phi) is 4.12. The molecule has 1 heterocycles. The van der Waals surface area contributed by atoms with Crippen molar-refractivity contribution in [3.8, 4) is 0 Å². The number of carboxylic acid groups (broad SMARTS) is 1. The van der Waals surface area contributed by atoms with Gasteiger partial charge in [-0.25, -0.2) is 4.79 Å². The largest absolute Gasteiger partial charge is 0.481 e. The molecule has 16 heavy (non-hydrogen) atoms. The van der Waals surface area contributed by atoms with Crippen molar-refractivity contribution in [1.29, 1.82) is 0 Å². The van der Waals surface area contributed by atoms with Crippen LogP contribution in [0.3, 0.4) is 0 Å². The normalized spacial score (nSPS) is 17.0. The van der Waals surface area contributed by atoms with E-state index in [9.17, 15) is 9.59 Å². The molecule has 1 saturated heterocycles. The van der Waals surface area contributed by atoms with Gasteiger partial charge in [-0.15, -0.1) is 0 Å². The summed E-state index contributed by atoms with van der Waals surface area (Å²) >= 11 is 0. The van der Waals surface area contributed by atoms with Gasteiger partial charge in [0.05, 0.1) is 5.41 Å². The Morgan fingerprint density at radius 3 is 2.44 bits per heavy atom. The van der Waals surface area contributed by atoms with Crippen LogP contribution in [0.25, 0.3) is 0 Å². The standard InChI is InChI=1S/C10H19N3O3/c1-10(2,8(14)15)7-12-9(16)13-5-3-11-4-6-13/h11H,3-7H2,1-2H3,(H,12,16)(H,14,15). The van der Waals surface area contributed by atoms with Crippen molar-refractivity contribution >= 4 is 12.0 Å². The molecule has 0 atom stereocenters. The molecule has 1 fully saturated rings. The number of carbonyl (C=O) groups excluding carboxylic acids is 1. The number of urea groups is 1. The minimum Gasteiger partial charge on any atom is -0.481 e. The van der Waals surface area contributed by atoms with Crippen molar-refractivity contribution in [3.05, 3.63) is 0 Å². The Hall–Kier alpha value is -1.30. The summed E-state index contributed by atoms with van der Waals surface area (Å²) < 4.78 is 0. The maximum absolute atomic E-state index is 11.7. The molecule has 0 spiro atoms. The predicted octanol–water partition coefficient (Wildman–Crippen LogP) is -0.288. The monoisotopic (exact) mass is 229 g/mol. The van der Waals surface area contributed by atoms with Crippen LogP contribution in [-0.4, -0.2) is 54.7 Å². The van der Waals surface area contributed by atoms with E-state index < -0.39 is 11.4 Å². The number of hydrogen-bond donors (Lipinski definition) is 3. The first-order valence-electron chi connectivity index (χ1n) is 5.40. The predicted molar refractivity (Wildman–Crippen MR) is 59.3 cm³/mol. The first-order chi connectivity index (χ1) is 7.43. The van der Waals surface area contributed by atoms with Crippen molar-refractivity contribution in [3.63, 3.8) is 0 Å². The molecule has 0 aromatic rings. The minimum absolute atomic E-state index is 0.144. The summed E-state index contributed by atoms with van der Waals surface area (Å²) in [6, 6.07) is -0.184. The molecule has 3 N–H and O–H groups in total. The molecule has 1 aliphatic heterocycles. The van der Waals surface area contributed by atoms with E-state index in [4.69, 9.17) is 5.11 Å². The quantitative estimate of drug-likeness (QED) is 0.621. The maximum Gasteiger partial charge on any atom is 0.317 e. The third-order valence-electron chi connectivity index (χ3n) is 2.66. The molecule has 0 aromatic carbocycles. The molecule has 0 aromatic heterocycles. The van der Waals surface area contributed by atoms with E-state index >= 15 is 0 Å². The zero-order chi connectivity index (χ0) is 12.2. The first-order valence-corrected chi connectivity index (χ1v) is 5.40. The van der Waals surface area contributed by atoms with E-state index in [-0.39, 0.29) is 12.6 Å². The summed E-state index contributed by atoms with van der Waals surface area (Å²) in [5.74, 6) is -0.909. The van der Waals surface area contributed by atoms with Crippen molar-refractivity contribution < 1.29 is 14.7 Å². The van der Waals surface area contributed by atoms with Gasteiger partial charge in [0.25, 0.3) is 0 Å². The van der Waals surface area contributed by atoms with E-state index in [1.807, 2.05) is 0 Å². The molecule has 0 saturated carbocycles. The molecule has 92 valence electrons. The Bertz CT molecular complexity index is 272. The molecule has 0 aliphatic carbocycles. The van der Waals surface area contributed by atoms with Crippen LogP contribution in [0, 0.1) is 5.41 Å². The fourth-order valence-electron chi connectivity index (χ4n) is 1.35. The van der Waals surface area contributed by atoms with Crippen molar-refractivity contribution in [2.45, 2.75) is 13.8 Å². The Morgan fingerprint density at radius 1 is 1.38 bits per heavy atom. The van der Waals surface area contributed by atoms with E-state index in [0.29, 0.717) is 13.1 Å². The SMILES string of the molecule is CC(C)(CNC(=O)N1CCNCC1)C(=O)O. The summed E-state index contributed by atoms with van der Waals surface area (Å²) in [5.41, 5.74) is -0.927. The number of amides is 2. The molecule has 0 unspecified atom stereocenters. The van der Waals surface area contributed by atoms with E-state index in [1.54, 1.807) is 18.7 Å². The zero-order valence-corrected chi connectivity index (χ0v) is 9.75. The number of nitrogens with one attached hydrogen (secondary N) is 2. The third-order valence-corrected chi connectivity index (χ3v) is 2.66. The van der Waals surface area contributed by atoms with Crippen LogP contribution in [0.15, 0.2) is 0 Å². The van der Waals surface area contributed by atoms with Gasteiger partial charge in [0.2, 0.25) is 0 Å². The van der Waals surface area contributed by atoms with E-state index in [2.05, 4.69) is 10.6 Å². The van der Waals surface area contributed by atoms with Crippen LogP contribution in [0.1, 0.15) is 13.8 Å². The summed E-state index contributed by atoms with van der Waals surface area (Å²) in [6.45, 7) is 6.23. The minimum atomic E-state index is -0.927. The van der Waals surface area contributed by atoms with E-state index in [0.717, 1.165) is 13.1 Å². The van der Waals surface area contributed by atoms with Crippen molar-refractivity contribution in [2.75, 3.05) is 32.7 Å². The van der Waals surface area contributed by atoms with Crippen LogP contribution in [0.2, 0.25) is 0 Å². The highest BCUT2D eigenvalue weighted by Gasteiger charge is 2.28. The van der Waals surface area contributed by atoms with Gasteiger partial charge in [-0.1, -0.05) is 0 Å². The van der Waals surface area contributed by atoms with Crippen LogP contribution in [0.5, 0.6) is 0 Å². The molecule has 6 heteroatoms. The summed E-state index contributed by atoms with van der Waals surface area (Å²) in [5, 5.41) is 14.7. The number of nitrogens with zero attached hydrogens (tertiary/aromatic N) is 1. The number of carbonyl (C=O) groups is 2. The maximum atomic E-state index is 11.7. The topological polar surface area (TPSA) is 81.7 Å². The highest BCUT2D eigenvalue weighted by Crippen LogP contribution is 2.13. The van der Waals surface area contributed by atoms with Crippen molar-refractivity contribution in [1.82, 2.24) is 15.5 Å². The van der Waals surface area contributed by atoms with Gasteiger partial charge < -0.3 is 20.6 Å². The molecule has 0 bridgehead atoms. The lowest BCUT2D eigenvalue weighted by molar-refractivity contribution is -0.146. The Labute approximate surface area is 95.0 Å². The number of carboxylic acids is 1. The van der Waals surface area contributed by atoms with Gasteiger partial charge in [-0.2, -0.15) is 0 Å². The average molecular weight is 229 g/mol. The van der Waals surface area contributed by atoms with E-state index in [1.165, 1.54) is 0 Å². The van der Waals surface area contributed by atoms with Crippen LogP contribution < -0.4 is 10.6 Å². The number of rotatable bonds is 3. The second-order valence-corrected chi connectivity index (χ2v) is 4.58. The molecule has 6 nitrogen and oxygen atoms in total. The average Bonchev–Trinajstić information content (AvgIpc) is 2.27. The van der Waals surface area contributed by atoms with Gasteiger partial charge >= 0.3 is 12.0 Å². The highest BCUT2D eigenvalue weighted by atomic mass is 16.4. The summed E-state index contributed by atoms with van der Waals surface area (Å²) in [7, 11) is 0. The van der Waals surface area contributed by atoms with Gasteiger partial charge in [0.1, 0.15) is 0 Å². The summed E-state index contributed by atoms with van der Waals surface area (Å²) in [4.78, 5) is 24.2. The smallest absolute Gasteiger partial charge is 0.317 e. The van der Waals surface area contributed by atoms with Gasteiger partial charge in [0.15, 0.2) is 0 Å². The third kappa shape index (κ3) is 3.37. The van der Waals surface area contributed by atoms with Crippen LogP contribution in [-0.2, 0) is 4.79 Å². The highest BCUT2D eigenvalue weighted by molar-refractivity contribution is 5.77. The Balaban J connectivity index is 2.37. The molecular weight excluding hydrogens is 210 g/mol. The molecular formula is C10H19N3O3. The first kappa shape index (κ1) is 12.8. The van der Waals surface area contributed by atoms with Gasteiger partial charge in [-0.05, 0) is 13.8 Å². The lowest BCUT2D eigenvalue weighted by Gasteiger charge is -2.29.